The van der Waals surface area contributed by atoms with Gasteiger partial charge in [-0.3, -0.25) is 4.90 Å². The number of rotatable bonds is 14. The third-order valence-electron chi connectivity index (χ3n) is 4.25. The molecular formula is C17H35NO. The molecule has 0 aromatic heterocycles. The van der Waals surface area contributed by atoms with Crippen LogP contribution in [-0.4, -0.2) is 35.7 Å². The van der Waals surface area contributed by atoms with E-state index < -0.39 is 0 Å². The second kappa shape index (κ2) is 11.7. The van der Waals surface area contributed by atoms with Crippen molar-refractivity contribution in [2.24, 2.45) is 0 Å². The van der Waals surface area contributed by atoms with Gasteiger partial charge in [-0.25, -0.2) is 0 Å². The average Bonchev–Trinajstić information content (AvgIpc) is 3.24. The highest BCUT2D eigenvalue weighted by Crippen LogP contribution is 2.26. The van der Waals surface area contributed by atoms with Crippen molar-refractivity contribution in [2.75, 3.05) is 19.7 Å². The van der Waals surface area contributed by atoms with Crippen LogP contribution in [-0.2, 0) is 0 Å². The van der Waals surface area contributed by atoms with Gasteiger partial charge >= 0.3 is 0 Å². The second-order valence-corrected chi connectivity index (χ2v) is 6.17. The Kier molecular flexibility index (Phi) is 10.5. The minimum Gasteiger partial charge on any atom is -0.395 e. The molecule has 0 atom stereocenters. The Morgan fingerprint density at radius 1 is 0.789 bits per heavy atom. The Labute approximate surface area is 120 Å². The molecule has 1 fully saturated rings. The Bertz CT molecular complexity index is 192. The van der Waals surface area contributed by atoms with Crippen LogP contribution < -0.4 is 0 Å². The Morgan fingerprint density at radius 2 is 1.32 bits per heavy atom. The van der Waals surface area contributed by atoms with Gasteiger partial charge in [0, 0.05) is 12.6 Å². The molecule has 0 radical (unpaired) electrons. The fraction of sp³-hybridized carbons (Fsp3) is 1.00. The summed E-state index contributed by atoms with van der Waals surface area (Å²) in [6.07, 6.45) is 16.8. The molecule has 19 heavy (non-hydrogen) atoms. The Hall–Kier alpha value is -0.0800. The number of hydrogen-bond acceptors (Lipinski definition) is 2. The maximum atomic E-state index is 9.03. The Morgan fingerprint density at radius 3 is 1.79 bits per heavy atom. The van der Waals surface area contributed by atoms with Crippen LogP contribution >= 0.6 is 0 Å². The van der Waals surface area contributed by atoms with Gasteiger partial charge in [-0.1, -0.05) is 64.7 Å². The first-order valence-electron chi connectivity index (χ1n) is 8.73. The third-order valence-corrected chi connectivity index (χ3v) is 4.25. The van der Waals surface area contributed by atoms with E-state index in [0.717, 1.165) is 12.6 Å². The van der Waals surface area contributed by atoms with E-state index in [1.165, 1.54) is 83.6 Å². The minimum absolute atomic E-state index is 0.328. The van der Waals surface area contributed by atoms with Gasteiger partial charge < -0.3 is 5.11 Å². The monoisotopic (exact) mass is 269 g/mol. The molecule has 0 aromatic carbocycles. The number of hydrogen-bond donors (Lipinski definition) is 1. The van der Waals surface area contributed by atoms with Crippen LogP contribution in [0.4, 0.5) is 0 Å². The highest BCUT2D eigenvalue weighted by Gasteiger charge is 2.27. The summed E-state index contributed by atoms with van der Waals surface area (Å²) >= 11 is 0. The molecule has 0 unspecified atom stereocenters. The van der Waals surface area contributed by atoms with Gasteiger partial charge in [-0.15, -0.1) is 0 Å². The molecule has 2 nitrogen and oxygen atoms in total. The lowest BCUT2D eigenvalue weighted by atomic mass is 10.1. The average molecular weight is 269 g/mol. The van der Waals surface area contributed by atoms with Gasteiger partial charge in [0.15, 0.2) is 0 Å². The number of aliphatic hydroxyl groups excluding tert-OH is 1. The van der Waals surface area contributed by atoms with E-state index in [0.29, 0.717) is 6.61 Å². The predicted molar refractivity (Wildman–Crippen MR) is 83.5 cm³/mol. The summed E-state index contributed by atoms with van der Waals surface area (Å²) in [6.45, 7) is 4.71. The molecule has 0 bridgehead atoms. The SMILES string of the molecule is CCCCCCCCCCCCN(CCO)C1CC1. The largest absolute Gasteiger partial charge is 0.395 e. The van der Waals surface area contributed by atoms with E-state index >= 15 is 0 Å². The molecule has 1 aliphatic rings. The lowest BCUT2D eigenvalue weighted by Crippen LogP contribution is -2.30. The molecule has 1 N–H and O–H groups in total. The van der Waals surface area contributed by atoms with Gasteiger partial charge in [0.05, 0.1) is 6.61 Å². The summed E-state index contributed by atoms with van der Waals surface area (Å²) in [7, 11) is 0. The molecule has 1 rings (SSSR count). The molecule has 0 heterocycles. The quantitative estimate of drug-likeness (QED) is 0.473. The van der Waals surface area contributed by atoms with Gasteiger partial charge in [-0.2, -0.15) is 0 Å². The first kappa shape index (κ1) is 17.0. The normalized spacial score (nSPS) is 15.3. The van der Waals surface area contributed by atoms with Gasteiger partial charge in [0.2, 0.25) is 0 Å². The molecule has 0 saturated heterocycles. The van der Waals surface area contributed by atoms with E-state index in [9.17, 15) is 0 Å². The van der Waals surface area contributed by atoms with Crippen molar-refractivity contribution in [1.82, 2.24) is 4.90 Å². The minimum atomic E-state index is 0.328. The van der Waals surface area contributed by atoms with Crippen molar-refractivity contribution in [2.45, 2.75) is 90.0 Å². The predicted octanol–water partition coefficient (Wildman–Crippen LogP) is 4.36. The first-order valence-corrected chi connectivity index (χ1v) is 8.73. The zero-order valence-electron chi connectivity index (χ0n) is 13.1. The number of nitrogens with zero attached hydrogens (tertiary/aromatic N) is 1. The molecule has 1 saturated carbocycles. The highest BCUT2D eigenvalue weighted by molar-refractivity contribution is 4.84. The van der Waals surface area contributed by atoms with Crippen molar-refractivity contribution in [3.63, 3.8) is 0 Å². The summed E-state index contributed by atoms with van der Waals surface area (Å²) in [6, 6.07) is 0.811. The summed E-state index contributed by atoms with van der Waals surface area (Å²) < 4.78 is 0. The van der Waals surface area contributed by atoms with E-state index in [2.05, 4.69) is 11.8 Å². The van der Waals surface area contributed by atoms with Crippen molar-refractivity contribution in [1.29, 1.82) is 0 Å². The van der Waals surface area contributed by atoms with E-state index in [1.807, 2.05) is 0 Å². The standard InChI is InChI=1S/C17H35NO/c1-2-3-4-5-6-7-8-9-10-11-14-18(15-16-19)17-12-13-17/h17,19H,2-16H2,1H3. The fourth-order valence-corrected chi connectivity index (χ4v) is 2.85. The first-order chi connectivity index (χ1) is 9.38. The van der Waals surface area contributed by atoms with Crippen LogP contribution in [0.5, 0.6) is 0 Å². The van der Waals surface area contributed by atoms with E-state index in [4.69, 9.17) is 5.11 Å². The van der Waals surface area contributed by atoms with Crippen LogP contribution in [0.15, 0.2) is 0 Å². The molecule has 0 spiro atoms. The molecular weight excluding hydrogens is 234 g/mol. The molecule has 0 amide bonds. The number of aliphatic hydroxyl groups is 1. The zero-order chi connectivity index (χ0) is 13.8. The maximum Gasteiger partial charge on any atom is 0.0558 e. The van der Waals surface area contributed by atoms with Crippen LogP contribution in [0.2, 0.25) is 0 Å². The van der Waals surface area contributed by atoms with E-state index in [-0.39, 0.29) is 0 Å². The molecule has 2 heteroatoms. The van der Waals surface area contributed by atoms with Gasteiger partial charge in [-0.05, 0) is 25.8 Å². The van der Waals surface area contributed by atoms with Crippen molar-refractivity contribution >= 4 is 0 Å². The van der Waals surface area contributed by atoms with Gasteiger partial charge in [0.25, 0.3) is 0 Å². The summed E-state index contributed by atoms with van der Waals surface area (Å²) in [4.78, 5) is 2.49. The molecule has 0 aliphatic heterocycles. The fourth-order valence-electron chi connectivity index (χ4n) is 2.85. The molecule has 114 valence electrons. The lowest BCUT2D eigenvalue weighted by molar-refractivity contribution is 0.186. The summed E-state index contributed by atoms with van der Waals surface area (Å²) in [5.41, 5.74) is 0. The van der Waals surface area contributed by atoms with Crippen LogP contribution in [0.3, 0.4) is 0 Å². The van der Waals surface area contributed by atoms with E-state index in [1.54, 1.807) is 0 Å². The summed E-state index contributed by atoms with van der Waals surface area (Å²) in [5.74, 6) is 0. The van der Waals surface area contributed by atoms with Crippen molar-refractivity contribution in [3.8, 4) is 0 Å². The topological polar surface area (TPSA) is 23.5 Å². The smallest absolute Gasteiger partial charge is 0.0558 e. The zero-order valence-corrected chi connectivity index (χ0v) is 13.1. The van der Waals surface area contributed by atoms with Crippen molar-refractivity contribution < 1.29 is 5.11 Å². The number of unbranched alkanes of at least 4 members (excludes halogenated alkanes) is 9. The van der Waals surface area contributed by atoms with Gasteiger partial charge in [0.1, 0.15) is 0 Å². The summed E-state index contributed by atoms with van der Waals surface area (Å²) in [5, 5.41) is 9.03. The van der Waals surface area contributed by atoms with Crippen LogP contribution in [0.25, 0.3) is 0 Å². The second-order valence-electron chi connectivity index (χ2n) is 6.17. The maximum absolute atomic E-state index is 9.03. The van der Waals surface area contributed by atoms with Crippen LogP contribution in [0, 0.1) is 0 Å². The van der Waals surface area contributed by atoms with Crippen molar-refractivity contribution in [3.05, 3.63) is 0 Å². The van der Waals surface area contributed by atoms with Crippen LogP contribution in [0.1, 0.15) is 84.0 Å². The molecule has 1 aliphatic carbocycles. The molecule has 0 aromatic rings. The third kappa shape index (κ3) is 9.45. The lowest BCUT2D eigenvalue weighted by Gasteiger charge is -2.20. The Balaban J connectivity index is 1.80. The highest BCUT2D eigenvalue weighted by atomic mass is 16.3.